The van der Waals surface area contributed by atoms with Gasteiger partial charge in [0.05, 0.1) is 12.0 Å². The van der Waals surface area contributed by atoms with Crippen molar-refractivity contribution in [3.8, 4) is 17.1 Å². The van der Waals surface area contributed by atoms with Crippen LogP contribution in [0.2, 0.25) is 0 Å². The molecule has 0 fully saturated rings. The molecule has 0 spiro atoms. The molecule has 4 nitrogen and oxygen atoms in total. The highest BCUT2D eigenvalue weighted by Gasteiger charge is 2.23. The number of hydrogen-bond donors (Lipinski definition) is 0. The first-order chi connectivity index (χ1) is 12.1. The third kappa shape index (κ3) is 3.60. The van der Waals surface area contributed by atoms with Crippen LogP contribution in [0.3, 0.4) is 0 Å². The van der Waals surface area contributed by atoms with Crippen LogP contribution in [0, 0.1) is 0 Å². The van der Waals surface area contributed by atoms with Gasteiger partial charge in [0.15, 0.2) is 0 Å². The molecule has 0 saturated carbocycles. The second kappa shape index (κ2) is 7.55. The van der Waals surface area contributed by atoms with E-state index >= 15 is 0 Å². The summed E-state index contributed by atoms with van der Waals surface area (Å²) in [6.07, 6.45) is 0. The van der Waals surface area contributed by atoms with Crippen molar-refractivity contribution in [2.24, 2.45) is 0 Å². The first-order valence-electron chi connectivity index (χ1n) is 7.60. The summed E-state index contributed by atoms with van der Waals surface area (Å²) in [7, 11) is 0. The second-order valence-electron chi connectivity index (χ2n) is 5.09. The lowest BCUT2D eigenvalue weighted by Gasteiger charge is -2.04. The van der Waals surface area contributed by atoms with E-state index in [0.717, 1.165) is 5.56 Å². The fourth-order valence-electron chi connectivity index (χ4n) is 2.48. The molecular formula is C19H14O4S2. The number of ether oxygens (including phenoxy) is 2. The van der Waals surface area contributed by atoms with E-state index in [0.29, 0.717) is 28.0 Å². The van der Waals surface area contributed by atoms with E-state index in [1.54, 1.807) is 25.1 Å². The third-order valence-corrected chi connectivity index (χ3v) is 4.05. The first-order valence-corrected chi connectivity index (χ1v) is 8.48. The first kappa shape index (κ1) is 17.3. The number of benzene rings is 2. The van der Waals surface area contributed by atoms with Crippen LogP contribution in [0.25, 0.3) is 22.3 Å². The van der Waals surface area contributed by atoms with E-state index in [1.807, 2.05) is 30.3 Å². The predicted molar refractivity (Wildman–Crippen MR) is 104 cm³/mol. The molecule has 0 unspecified atom stereocenters. The average Bonchev–Trinajstić information content (AvgIpc) is 3.01. The molecule has 1 aromatic heterocycles. The van der Waals surface area contributed by atoms with Crippen LogP contribution < -0.4 is 4.74 Å². The molecule has 2 aromatic carbocycles. The zero-order valence-corrected chi connectivity index (χ0v) is 15.0. The Morgan fingerprint density at radius 2 is 1.96 bits per heavy atom. The number of carbonyl (C=O) groups excluding carboxylic acids is 1. The van der Waals surface area contributed by atoms with Gasteiger partial charge in [-0.25, -0.2) is 4.79 Å². The quantitative estimate of drug-likeness (QED) is 0.466. The molecule has 3 rings (SSSR count). The van der Waals surface area contributed by atoms with E-state index < -0.39 is 5.97 Å². The number of rotatable bonds is 5. The molecule has 3 aromatic rings. The van der Waals surface area contributed by atoms with Crippen molar-refractivity contribution in [2.45, 2.75) is 6.92 Å². The smallest absolute Gasteiger partial charge is 0.342 e. The number of fused-ring (bicyclic) bond motifs is 1. The predicted octanol–water partition coefficient (Wildman–Crippen LogP) is 4.98. The molecule has 126 valence electrons. The van der Waals surface area contributed by atoms with Crippen LogP contribution in [0.5, 0.6) is 5.75 Å². The minimum absolute atomic E-state index is 0.179. The number of carbonyl (C=O) groups is 1. The zero-order chi connectivity index (χ0) is 17.8. The van der Waals surface area contributed by atoms with Gasteiger partial charge in [-0.3, -0.25) is 0 Å². The molecule has 0 saturated heterocycles. The summed E-state index contributed by atoms with van der Waals surface area (Å²) in [5.74, 6) is 0.489. The van der Waals surface area contributed by atoms with Crippen LogP contribution in [-0.2, 0) is 4.74 Å². The van der Waals surface area contributed by atoms with Crippen LogP contribution >= 0.6 is 24.4 Å². The Hall–Kier alpha value is -2.57. The van der Waals surface area contributed by atoms with Crippen molar-refractivity contribution in [3.63, 3.8) is 0 Å². The molecule has 6 heteroatoms. The van der Waals surface area contributed by atoms with Gasteiger partial charge in [-0.15, -0.1) is 0 Å². The van der Waals surface area contributed by atoms with Crippen molar-refractivity contribution in [1.82, 2.24) is 0 Å². The fraction of sp³-hybridized carbons (Fsp3) is 0.105. The minimum atomic E-state index is -0.449. The Balaban J connectivity index is 2.19. The summed E-state index contributed by atoms with van der Waals surface area (Å²) in [5.41, 5.74) is 1.71. The highest BCUT2D eigenvalue weighted by molar-refractivity contribution is 7.87. The minimum Gasteiger partial charge on any atom is -0.462 e. The fourth-order valence-corrected chi connectivity index (χ4v) is 2.62. The SMILES string of the molecule is CCOC(=O)c1c(-c2ccccc2)oc2ccc(OC(=S)C=S)cc12. The van der Waals surface area contributed by atoms with Gasteiger partial charge < -0.3 is 13.9 Å². The maximum atomic E-state index is 12.5. The number of thiocarbonyl (C=S) groups is 2. The normalized spacial score (nSPS) is 10.4. The molecular weight excluding hydrogens is 356 g/mol. The van der Waals surface area contributed by atoms with Crippen LogP contribution in [0.4, 0.5) is 0 Å². The van der Waals surface area contributed by atoms with Gasteiger partial charge in [-0.1, -0.05) is 42.5 Å². The van der Waals surface area contributed by atoms with Gasteiger partial charge in [0.1, 0.15) is 22.7 Å². The number of hydrogen-bond acceptors (Lipinski definition) is 6. The highest BCUT2D eigenvalue weighted by Crippen LogP contribution is 2.36. The topological polar surface area (TPSA) is 48.7 Å². The lowest BCUT2D eigenvalue weighted by molar-refractivity contribution is 0.0529. The van der Waals surface area contributed by atoms with Crippen molar-refractivity contribution in [3.05, 3.63) is 54.1 Å². The Labute approximate surface area is 155 Å². The molecule has 0 bridgehead atoms. The van der Waals surface area contributed by atoms with E-state index in [1.165, 1.54) is 5.37 Å². The summed E-state index contributed by atoms with van der Waals surface area (Å²) in [6, 6.07) is 14.5. The van der Waals surface area contributed by atoms with Crippen molar-refractivity contribution < 1.29 is 18.7 Å². The van der Waals surface area contributed by atoms with Crippen LogP contribution in [0.1, 0.15) is 17.3 Å². The standard InChI is InChI=1S/C19H14O4S2/c1-2-21-19(20)17-14-10-13(22-16(25)11-24)8-9-15(14)23-18(17)12-6-4-3-5-7-12/h3-11H,2H2,1H3. The summed E-state index contributed by atoms with van der Waals surface area (Å²) in [4.78, 5) is 12.5. The Kier molecular flexibility index (Phi) is 5.21. The van der Waals surface area contributed by atoms with Gasteiger partial charge in [0.25, 0.3) is 0 Å². The number of furan rings is 1. The van der Waals surface area contributed by atoms with Gasteiger partial charge in [-0.05, 0) is 37.3 Å². The second-order valence-corrected chi connectivity index (χ2v) is 5.73. The molecule has 0 aliphatic rings. The van der Waals surface area contributed by atoms with Gasteiger partial charge in [0, 0.05) is 10.9 Å². The van der Waals surface area contributed by atoms with Gasteiger partial charge in [-0.2, -0.15) is 0 Å². The Bertz CT molecular complexity index is 945. The van der Waals surface area contributed by atoms with E-state index in [9.17, 15) is 4.79 Å². The average molecular weight is 370 g/mol. The Morgan fingerprint density at radius 3 is 2.64 bits per heavy atom. The lowest BCUT2D eigenvalue weighted by Crippen LogP contribution is -2.06. The summed E-state index contributed by atoms with van der Waals surface area (Å²) >= 11 is 9.73. The van der Waals surface area contributed by atoms with Gasteiger partial charge in [0.2, 0.25) is 5.05 Å². The molecule has 0 aliphatic carbocycles. The monoisotopic (exact) mass is 370 g/mol. The molecule has 0 amide bonds. The summed E-state index contributed by atoms with van der Waals surface area (Å²) in [5, 5.41) is 2.05. The summed E-state index contributed by atoms with van der Waals surface area (Å²) in [6.45, 7) is 2.03. The van der Waals surface area contributed by atoms with E-state index in [-0.39, 0.29) is 11.7 Å². The maximum absolute atomic E-state index is 12.5. The van der Waals surface area contributed by atoms with Crippen molar-refractivity contribution >= 4 is 51.8 Å². The molecule has 0 aliphatic heterocycles. The number of esters is 1. The van der Waals surface area contributed by atoms with E-state index in [4.69, 9.17) is 38.3 Å². The van der Waals surface area contributed by atoms with Crippen LogP contribution in [0.15, 0.2) is 52.9 Å². The molecule has 0 N–H and O–H groups in total. The highest BCUT2D eigenvalue weighted by atomic mass is 32.1. The van der Waals surface area contributed by atoms with Crippen molar-refractivity contribution in [2.75, 3.05) is 6.61 Å². The largest absolute Gasteiger partial charge is 0.462 e. The van der Waals surface area contributed by atoms with Crippen molar-refractivity contribution in [1.29, 1.82) is 0 Å². The summed E-state index contributed by atoms with van der Waals surface area (Å²) < 4.78 is 16.6. The zero-order valence-electron chi connectivity index (χ0n) is 13.4. The Morgan fingerprint density at radius 1 is 1.20 bits per heavy atom. The third-order valence-electron chi connectivity index (χ3n) is 3.49. The molecule has 0 atom stereocenters. The molecule has 0 radical (unpaired) electrons. The molecule has 25 heavy (non-hydrogen) atoms. The molecule has 1 heterocycles. The van der Waals surface area contributed by atoms with Gasteiger partial charge >= 0.3 is 5.97 Å². The lowest BCUT2D eigenvalue weighted by atomic mass is 10.1. The van der Waals surface area contributed by atoms with Crippen LogP contribution in [-0.4, -0.2) is 23.0 Å². The maximum Gasteiger partial charge on any atom is 0.342 e. The van der Waals surface area contributed by atoms with E-state index in [2.05, 4.69) is 0 Å².